The van der Waals surface area contributed by atoms with Crippen LogP contribution in [-0.4, -0.2) is 11.7 Å². The van der Waals surface area contributed by atoms with E-state index in [9.17, 15) is 0 Å². The van der Waals surface area contributed by atoms with Crippen molar-refractivity contribution in [2.24, 2.45) is 5.73 Å². The molecule has 2 aromatic carbocycles. The Morgan fingerprint density at radius 3 is 2.47 bits per heavy atom. The molecular formula is C12H14ClNO. The Hall–Kier alpha value is -1.09. The molecule has 2 rings (SSSR count). The van der Waals surface area contributed by atoms with E-state index in [4.69, 9.17) is 10.8 Å². The van der Waals surface area contributed by atoms with E-state index in [1.807, 2.05) is 42.5 Å². The summed E-state index contributed by atoms with van der Waals surface area (Å²) < 4.78 is 0. The minimum absolute atomic E-state index is 0. The van der Waals surface area contributed by atoms with Gasteiger partial charge in [0.25, 0.3) is 0 Å². The van der Waals surface area contributed by atoms with Crippen molar-refractivity contribution in [3.63, 3.8) is 0 Å². The second kappa shape index (κ2) is 5.12. The summed E-state index contributed by atoms with van der Waals surface area (Å²) in [4.78, 5) is 0. The highest BCUT2D eigenvalue weighted by molar-refractivity contribution is 5.86. The molecule has 0 aliphatic carbocycles. The van der Waals surface area contributed by atoms with Crippen LogP contribution in [-0.2, 0) is 0 Å². The van der Waals surface area contributed by atoms with E-state index in [1.54, 1.807) is 0 Å². The average molecular weight is 224 g/mol. The third kappa shape index (κ3) is 2.29. The molecule has 0 spiro atoms. The van der Waals surface area contributed by atoms with Crippen LogP contribution in [0, 0.1) is 0 Å². The third-order valence-corrected chi connectivity index (χ3v) is 2.42. The van der Waals surface area contributed by atoms with Gasteiger partial charge in [0, 0.05) is 0 Å². The molecule has 3 heteroatoms. The average Bonchev–Trinajstić information content (AvgIpc) is 2.27. The fourth-order valence-corrected chi connectivity index (χ4v) is 1.67. The van der Waals surface area contributed by atoms with Crippen LogP contribution in [0.15, 0.2) is 42.5 Å². The lowest BCUT2D eigenvalue weighted by Gasteiger charge is -2.11. The molecule has 1 atom stereocenters. The summed E-state index contributed by atoms with van der Waals surface area (Å²) in [6.45, 7) is -0.0198. The van der Waals surface area contributed by atoms with Crippen molar-refractivity contribution in [1.29, 1.82) is 0 Å². The van der Waals surface area contributed by atoms with E-state index in [0.717, 1.165) is 16.3 Å². The van der Waals surface area contributed by atoms with E-state index in [0.29, 0.717) is 0 Å². The lowest BCUT2D eigenvalue weighted by molar-refractivity contribution is 0.268. The van der Waals surface area contributed by atoms with Gasteiger partial charge >= 0.3 is 0 Å². The molecule has 0 bridgehead atoms. The second-order valence-corrected chi connectivity index (χ2v) is 3.36. The molecule has 0 aromatic heterocycles. The first-order chi connectivity index (χ1) is 6.83. The van der Waals surface area contributed by atoms with Gasteiger partial charge in [-0.15, -0.1) is 12.4 Å². The van der Waals surface area contributed by atoms with Crippen LogP contribution < -0.4 is 5.73 Å². The Kier molecular flexibility index (Phi) is 4.09. The van der Waals surface area contributed by atoms with Gasteiger partial charge in [-0.25, -0.2) is 0 Å². The van der Waals surface area contributed by atoms with Crippen LogP contribution in [0.1, 0.15) is 11.6 Å². The molecular weight excluding hydrogens is 210 g/mol. The van der Waals surface area contributed by atoms with Crippen LogP contribution >= 0.6 is 12.4 Å². The molecule has 0 radical (unpaired) electrons. The minimum atomic E-state index is -0.291. The largest absolute Gasteiger partial charge is 0.394 e. The Balaban J connectivity index is 0.00000112. The van der Waals surface area contributed by atoms with Gasteiger partial charge in [-0.3, -0.25) is 0 Å². The number of hydrogen-bond acceptors (Lipinski definition) is 2. The fourth-order valence-electron chi connectivity index (χ4n) is 1.67. The number of fused-ring (bicyclic) bond motifs is 1. The number of rotatable bonds is 2. The number of hydrogen-bond donors (Lipinski definition) is 2. The van der Waals surface area contributed by atoms with Crippen LogP contribution in [0.2, 0.25) is 0 Å². The standard InChI is InChI=1S/C12H13NO.ClH/c13-12(8-14)11-7-3-5-9-4-1-2-6-10(9)11;/h1-7,12,14H,8,13H2;1H. The van der Waals surface area contributed by atoms with Crippen LogP contribution in [0.3, 0.4) is 0 Å². The van der Waals surface area contributed by atoms with Crippen molar-refractivity contribution < 1.29 is 5.11 Å². The van der Waals surface area contributed by atoms with Crippen molar-refractivity contribution in [1.82, 2.24) is 0 Å². The zero-order chi connectivity index (χ0) is 9.97. The summed E-state index contributed by atoms with van der Waals surface area (Å²) in [5.41, 5.74) is 6.82. The molecule has 3 N–H and O–H groups in total. The van der Waals surface area contributed by atoms with E-state index in [2.05, 4.69) is 0 Å². The molecule has 0 amide bonds. The first-order valence-corrected chi connectivity index (χ1v) is 4.67. The summed E-state index contributed by atoms with van der Waals surface area (Å²) in [5.74, 6) is 0. The molecule has 1 unspecified atom stereocenters. The summed E-state index contributed by atoms with van der Waals surface area (Å²) in [7, 11) is 0. The molecule has 2 nitrogen and oxygen atoms in total. The van der Waals surface area contributed by atoms with Crippen molar-refractivity contribution >= 4 is 23.2 Å². The van der Waals surface area contributed by atoms with Gasteiger partial charge in [-0.2, -0.15) is 0 Å². The zero-order valence-electron chi connectivity index (χ0n) is 8.26. The maximum atomic E-state index is 9.02. The summed E-state index contributed by atoms with van der Waals surface area (Å²) >= 11 is 0. The molecule has 0 aliphatic heterocycles. The Bertz CT molecular complexity index is 439. The lowest BCUT2D eigenvalue weighted by Crippen LogP contribution is -2.14. The quantitative estimate of drug-likeness (QED) is 0.821. The van der Waals surface area contributed by atoms with Crippen LogP contribution in [0.5, 0.6) is 0 Å². The Labute approximate surface area is 95.1 Å². The van der Waals surface area contributed by atoms with Gasteiger partial charge in [-0.1, -0.05) is 42.5 Å². The highest BCUT2D eigenvalue weighted by atomic mass is 35.5. The van der Waals surface area contributed by atoms with Crippen LogP contribution in [0.4, 0.5) is 0 Å². The molecule has 0 heterocycles. The van der Waals surface area contributed by atoms with E-state index in [1.165, 1.54) is 0 Å². The highest BCUT2D eigenvalue weighted by Crippen LogP contribution is 2.22. The van der Waals surface area contributed by atoms with Gasteiger partial charge in [0.15, 0.2) is 0 Å². The Morgan fingerprint density at radius 2 is 1.73 bits per heavy atom. The molecule has 0 fully saturated rings. The number of aliphatic hydroxyl groups excluding tert-OH is 1. The van der Waals surface area contributed by atoms with E-state index < -0.39 is 0 Å². The number of benzene rings is 2. The van der Waals surface area contributed by atoms with Crippen molar-refractivity contribution in [3.05, 3.63) is 48.0 Å². The number of nitrogens with two attached hydrogens (primary N) is 1. The summed E-state index contributed by atoms with van der Waals surface area (Å²) in [6, 6.07) is 13.7. The van der Waals surface area contributed by atoms with Crippen molar-refractivity contribution in [2.45, 2.75) is 6.04 Å². The van der Waals surface area contributed by atoms with Gasteiger partial charge in [0.2, 0.25) is 0 Å². The highest BCUT2D eigenvalue weighted by Gasteiger charge is 2.07. The van der Waals surface area contributed by atoms with Gasteiger partial charge in [0.1, 0.15) is 0 Å². The van der Waals surface area contributed by atoms with Gasteiger partial charge in [0.05, 0.1) is 12.6 Å². The van der Waals surface area contributed by atoms with Crippen LogP contribution in [0.25, 0.3) is 10.8 Å². The number of halogens is 1. The van der Waals surface area contributed by atoms with Gasteiger partial charge in [-0.05, 0) is 16.3 Å². The third-order valence-electron chi connectivity index (χ3n) is 2.42. The Morgan fingerprint density at radius 1 is 1.07 bits per heavy atom. The summed E-state index contributed by atoms with van der Waals surface area (Å²) in [6.07, 6.45) is 0. The maximum absolute atomic E-state index is 9.02. The SMILES string of the molecule is Cl.NC(CO)c1cccc2ccccc12. The molecule has 0 aliphatic rings. The summed E-state index contributed by atoms with van der Waals surface area (Å²) in [5, 5.41) is 11.3. The predicted octanol–water partition coefficient (Wildman–Crippen LogP) is 2.25. The maximum Gasteiger partial charge on any atom is 0.0624 e. The first-order valence-electron chi connectivity index (χ1n) is 4.67. The molecule has 2 aromatic rings. The smallest absolute Gasteiger partial charge is 0.0624 e. The topological polar surface area (TPSA) is 46.2 Å². The first kappa shape index (κ1) is 12.0. The molecule has 80 valence electrons. The number of aliphatic hydroxyl groups is 1. The zero-order valence-corrected chi connectivity index (χ0v) is 9.08. The molecule has 15 heavy (non-hydrogen) atoms. The molecule has 0 saturated heterocycles. The predicted molar refractivity (Wildman–Crippen MR) is 65.2 cm³/mol. The van der Waals surface area contributed by atoms with E-state index in [-0.39, 0.29) is 25.1 Å². The lowest BCUT2D eigenvalue weighted by atomic mass is 10.00. The van der Waals surface area contributed by atoms with Gasteiger partial charge < -0.3 is 10.8 Å². The minimum Gasteiger partial charge on any atom is -0.394 e. The normalized spacial score (nSPS) is 12.1. The molecule has 0 saturated carbocycles. The van der Waals surface area contributed by atoms with E-state index >= 15 is 0 Å². The fraction of sp³-hybridized carbons (Fsp3) is 0.167. The monoisotopic (exact) mass is 223 g/mol. The second-order valence-electron chi connectivity index (χ2n) is 3.36. The van der Waals surface area contributed by atoms with Crippen molar-refractivity contribution in [3.8, 4) is 0 Å². The van der Waals surface area contributed by atoms with Crippen molar-refractivity contribution in [2.75, 3.05) is 6.61 Å².